The summed E-state index contributed by atoms with van der Waals surface area (Å²) in [6.07, 6.45) is 9.82. The molecule has 0 unspecified atom stereocenters. The Morgan fingerprint density at radius 2 is 2.40 bits per heavy atom. The van der Waals surface area contributed by atoms with Crippen molar-refractivity contribution in [3.05, 3.63) is 35.7 Å². The maximum absolute atomic E-state index is 4.12. The highest BCUT2D eigenvalue weighted by atomic mass is 14.9. The van der Waals surface area contributed by atoms with Gasteiger partial charge < -0.3 is 5.32 Å². The SMILES string of the molecule is C1=CNC2=CC=[N+]CC2=C1. The van der Waals surface area contributed by atoms with Gasteiger partial charge in [0.05, 0.1) is 5.70 Å². The molecule has 2 heteroatoms. The van der Waals surface area contributed by atoms with Gasteiger partial charge in [0.25, 0.3) is 0 Å². The summed E-state index contributed by atoms with van der Waals surface area (Å²) in [5.41, 5.74) is 2.45. The van der Waals surface area contributed by atoms with Gasteiger partial charge >= 0.3 is 0 Å². The molecule has 0 fully saturated rings. The third kappa shape index (κ3) is 0.778. The van der Waals surface area contributed by atoms with Crippen LogP contribution in [-0.4, -0.2) is 12.8 Å². The van der Waals surface area contributed by atoms with E-state index < -0.39 is 0 Å². The normalized spacial score (nSPS) is 20.8. The van der Waals surface area contributed by atoms with Crippen molar-refractivity contribution in [1.82, 2.24) is 10.3 Å². The second-order valence-corrected chi connectivity index (χ2v) is 2.27. The zero-order valence-corrected chi connectivity index (χ0v) is 5.54. The monoisotopic (exact) mass is 132 g/mol. The van der Waals surface area contributed by atoms with Crippen LogP contribution >= 0.6 is 0 Å². The van der Waals surface area contributed by atoms with Gasteiger partial charge in [0.1, 0.15) is 0 Å². The number of rotatable bonds is 0. The van der Waals surface area contributed by atoms with Crippen molar-refractivity contribution in [3.8, 4) is 0 Å². The first-order valence-corrected chi connectivity index (χ1v) is 3.29. The average Bonchev–Trinajstić information content (AvgIpc) is 2.05. The minimum absolute atomic E-state index is 0.809. The molecular weight excluding hydrogens is 124 g/mol. The molecule has 2 aliphatic rings. The number of aliphatic imine (C=N–C) groups is 1. The summed E-state index contributed by atoms with van der Waals surface area (Å²) >= 11 is 0. The molecule has 2 nitrogen and oxygen atoms in total. The fourth-order valence-electron chi connectivity index (χ4n) is 1.06. The van der Waals surface area contributed by atoms with E-state index in [2.05, 4.69) is 16.4 Å². The van der Waals surface area contributed by atoms with Crippen molar-refractivity contribution < 1.29 is 0 Å². The topological polar surface area (TPSA) is 26.1 Å². The smallest absolute Gasteiger partial charge is 0.237 e. The Morgan fingerprint density at radius 1 is 1.40 bits per heavy atom. The molecule has 0 saturated carbocycles. The van der Waals surface area contributed by atoms with Crippen molar-refractivity contribution in [1.29, 1.82) is 0 Å². The van der Waals surface area contributed by atoms with Crippen LogP contribution in [0.3, 0.4) is 0 Å². The Bertz CT molecular complexity index is 228. The van der Waals surface area contributed by atoms with E-state index in [-0.39, 0.29) is 0 Å². The number of hydrogen-bond donors (Lipinski definition) is 1. The predicted octanol–water partition coefficient (Wildman–Crippen LogP) is 0.334. The molecule has 1 N–H and O–H groups in total. The van der Waals surface area contributed by atoms with Crippen LogP contribution in [-0.2, 0) is 0 Å². The van der Waals surface area contributed by atoms with Crippen LogP contribution in [0.2, 0.25) is 0 Å². The number of hydrogen-bond acceptors (Lipinski definition) is 2. The lowest BCUT2D eigenvalue weighted by Gasteiger charge is -2.10. The quantitative estimate of drug-likeness (QED) is 0.505. The summed E-state index contributed by atoms with van der Waals surface area (Å²) in [6.45, 7) is 0.809. The largest absolute Gasteiger partial charge is 0.361 e. The van der Waals surface area contributed by atoms with Gasteiger partial charge in [-0.2, -0.15) is 0 Å². The summed E-state index contributed by atoms with van der Waals surface area (Å²) in [7, 11) is 0. The van der Waals surface area contributed by atoms with E-state index >= 15 is 0 Å². The molecule has 2 heterocycles. The van der Waals surface area contributed by atoms with E-state index in [1.165, 1.54) is 11.3 Å². The zero-order valence-electron chi connectivity index (χ0n) is 5.54. The number of nitrogens with zero attached hydrogens (tertiary/aromatic N) is 1. The van der Waals surface area contributed by atoms with E-state index in [4.69, 9.17) is 0 Å². The van der Waals surface area contributed by atoms with Gasteiger partial charge in [0.2, 0.25) is 12.8 Å². The predicted molar refractivity (Wildman–Crippen MR) is 41.5 cm³/mol. The molecule has 0 aromatic carbocycles. The summed E-state index contributed by atoms with van der Waals surface area (Å²) in [5, 5.41) is 3.14. The lowest BCUT2D eigenvalue weighted by atomic mass is 10.1. The summed E-state index contributed by atoms with van der Waals surface area (Å²) in [4.78, 5) is 4.12. The first kappa shape index (κ1) is 5.47. The standard InChI is InChI=1S/C8H8N2/c1-2-7-6-9-5-3-8(7)10-4-1/h1-5,10H,6H2/q+1. The number of allylic oxidation sites excluding steroid dienone is 3. The van der Waals surface area contributed by atoms with Crippen LogP contribution in [0.1, 0.15) is 0 Å². The van der Waals surface area contributed by atoms with Gasteiger partial charge in [-0.15, -0.1) is 0 Å². The first-order chi connectivity index (χ1) is 4.97. The van der Waals surface area contributed by atoms with Crippen LogP contribution in [0.15, 0.2) is 35.7 Å². The van der Waals surface area contributed by atoms with E-state index in [0.29, 0.717) is 0 Å². The van der Waals surface area contributed by atoms with Crippen molar-refractivity contribution in [2.45, 2.75) is 0 Å². The number of fused-ring (bicyclic) bond motifs is 1. The fraction of sp³-hybridized carbons (Fsp3) is 0.125. The highest BCUT2D eigenvalue weighted by molar-refractivity contribution is 5.75. The van der Waals surface area contributed by atoms with Gasteiger partial charge in [0.15, 0.2) is 0 Å². The Hall–Kier alpha value is -1.31. The average molecular weight is 132 g/mol. The molecule has 0 aliphatic carbocycles. The van der Waals surface area contributed by atoms with E-state index in [1.807, 2.05) is 24.6 Å². The summed E-state index contributed by atoms with van der Waals surface area (Å²) < 4.78 is 0. The van der Waals surface area contributed by atoms with Gasteiger partial charge in [-0.05, 0) is 12.2 Å². The molecule has 0 saturated heterocycles. The highest BCUT2D eigenvalue weighted by Crippen LogP contribution is 2.10. The van der Waals surface area contributed by atoms with Crippen molar-refractivity contribution in [3.63, 3.8) is 0 Å². The molecule has 10 heavy (non-hydrogen) atoms. The van der Waals surface area contributed by atoms with Gasteiger partial charge in [0, 0.05) is 22.8 Å². The Labute approximate surface area is 59.7 Å². The minimum atomic E-state index is 0.809. The van der Waals surface area contributed by atoms with Crippen molar-refractivity contribution >= 4 is 6.21 Å². The molecule has 0 aromatic rings. The van der Waals surface area contributed by atoms with Gasteiger partial charge in [-0.3, -0.25) is 0 Å². The first-order valence-electron chi connectivity index (χ1n) is 3.29. The highest BCUT2D eigenvalue weighted by Gasteiger charge is 2.13. The van der Waals surface area contributed by atoms with Gasteiger partial charge in [-0.25, -0.2) is 0 Å². The van der Waals surface area contributed by atoms with Gasteiger partial charge in [-0.1, -0.05) is 0 Å². The third-order valence-electron chi connectivity index (χ3n) is 1.59. The molecule has 1 radical (unpaired) electrons. The molecule has 0 amide bonds. The van der Waals surface area contributed by atoms with E-state index in [1.54, 1.807) is 0 Å². The van der Waals surface area contributed by atoms with Crippen LogP contribution in [0.25, 0.3) is 0 Å². The Balaban J connectivity index is 2.38. The lowest BCUT2D eigenvalue weighted by molar-refractivity contribution is 0.953. The van der Waals surface area contributed by atoms with Crippen molar-refractivity contribution in [2.24, 2.45) is 0 Å². The summed E-state index contributed by atoms with van der Waals surface area (Å²) in [5.74, 6) is 0. The number of dihydropyridines is 2. The van der Waals surface area contributed by atoms with Crippen molar-refractivity contribution in [2.75, 3.05) is 6.54 Å². The molecule has 2 rings (SSSR count). The Kier molecular flexibility index (Phi) is 1.17. The second-order valence-electron chi connectivity index (χ2n) is 2.27. The molecule has 0 aromatic heterocycles. The Morgan fingerprint density at radius 3 is 3.30 bits per heavy atom. The van der Waals surface area contributed by atoms with E-state index in [9.17, 15) is 0 Å². The van der Waals surface area contributed by atoms with Crippen LogP contribution in [0, 0.1) is 0 Å². The molecule has 2 aliphatic heterocycles. The maximum Gasteiger partial charge on any atom is 0.237 e. The molecule has 0 spiro atoms. The van der Waals surface area contributed by atoms with E-state index in [0.717, 1.165) is 6.54 Å². The maximum atomic E-state index is 4.12. The molecular formula is C8H8N2+. The van der Waals surface area contributed by atoms with Crippen LogP contribution in [0.5, 0.6) is 0 Å². The van der Waals surface area contributed by atoms with Crippen LogP contribution in [0.4, 0.5) is 0 Å². The molecule has 0 atom stereocenters. The third-order valence-corrected chi connectivity index (χ3v) is 1.59. The van der Waals surface area contributed by atoms with Crippen LogP contribution < -0.4 is 10.3 Å². The minimum Gasteiger partial charge on any atom is -0.361 e. The lowest BCUT2D eigenvalue weighted by Crippen LogP contribution is -2.18. The molecule has 0 bridgehead atoms. The summed E-state index contributed by atoms with van der Waals surface area (Å²) in [6, 6.07) is 0. The number of nitrogens with one attached hydrogen (secondary N) is 1. The molecule has 49 valence electrons. The second kappa shape index (κ2) is 2.14. The fourth-order valence-corrected chi connectivity index (χ4v) is 1.06. The zero-order chi connectivity index (χ0) is 6.81.